The Morgan fingerprint density at radius 3 is 2.52 bits per heavy atom. The summed E-state index contributed by atoms with van der Waals surface area (Å²) in [7, 11) is -3.29. The lowest BCUT2D eigenvalue weighted by atomic mass is 9.86. The van der Waals surface area contributed by atoms with E-state index in [9.17, 15) is 13.2 Å². The third-order valence-corrected chi connectivity index (χ3v) is 6.41. The zero-order valence-electron chi connectivity index (χ0n) is 16.2. The van der Waals surface area contributed by atoms with Gasteiger partial charge in [0, 0.05) is 32.6 Å². The number of likely N-dealkylation sites (tertiary alicyclic amines) is 1. The maximum Gasteiger partial charge on any atom is 0.217 e. The van der Waals surface area contributed by atoms with Crippen molar-refractivity contribution in [1.29, 1.82) is 0 Å². The summed E-state index contributed by atoms with van der Waals surface area (Å²) in [4.78, 5) is 17.8. The number of amides is 1. The number of guanidine groups is 1. The van der Waals surface area contributed by atoms with E-state index in [1.165, 1.54) is 6.42 Å². The molecule has 0 radical (unpaired) electrons. The van der Waals surface area contributed by atoms with E-state index >= 15 is 0 Å². The van der Waals surface area contributed by atoms with Crippen molar-refractivity contribution in [3.05, 3.63) is 0 Å². The van der Waals surface area contributed by atoms with Gasteiger partial charge in [-0.25, -0.2) is 13.1 Å². The highest BCUT2D eigenvalue weighted by atomic mass is 127. The fourth-order valence-corrected chi connectivity index (χ4v) is 4.39. The number of hydrogen-bond acceptors (Lipinski definition) is 4. The number of aliphatic imine (C=N–C) groups is 1. The SMILES string of the molecule is CCNC(=NCCS(=O)(=O)NCC1CCC1)N1CCCC(CC(N)=O)C1.I. The van der Waals surface area contributed by atoms with Gasteiger partial charge in [-0.15, -0.1) is 24.0 Å². The Bertz CT molecular complexity index is 595. The quantitative estimate of drug-likeness (QED) is 0.240. The number of carbonyl (C=O) groups is 1. The Morgan fingerprint density at radius 1 is 1.22 bits per heavy atom. The Morgan fingerprint density at radius 2 is 1.93 bits per heavy atom. The van der Waals surface area contributed by atoms with Gasteiger partial charge in [0.15, 0.2) is 5.96 Å². The Kier molecular flexibility index (Phi) is 10.9. The number of piperidine rings is 1. The first-order valence-corrected chi connectivity index (χ1v) is 11.3. The molecule has 0 aromatic rings. The summed E-state index contributed by atoms with van der Waals surface area (Å²) in [5.41, 5.74) is 5.32. The predicted molar refractivity (Wildman–Crippen MR) is 119 cm³/mol. The van der Waals surface area contributed by atoms with E-state index in [2.05, 4.69) is 19.9 Å². The van der Waals surface area contributed by atoms with Crippen molar-refractivity contribution in [1.82, 2.24) is 14.9 Å². The molecule has 10 heteroatoms. The smallest absolute Gasteiger partial charge is 0.217 e. The monoisotopic (exact) mass is 515 g/mol. The molecule has 0 aromatic heterocycles. The molecule has 2 rings (SSSR count). The zero-order valence-corrected chi connectivity index (χ0v) is 19.3. The highest BCUT2D eigenvalue weighted by molar-refractivity contribution is 14.0. The van der Waals surface area contributed by atoms with Crippen LogP contribution in [0.4, 0.5) is 0 Å². The molecule has 0 spiro atoms. The number of sulfonamides is 1. The van der Waals surface area contributed by atoms with E-state index in [1.54, 1.807) is 0 Å². The number of nitrogens with one attached hydrogen (secondary N) is 2. The lowest BCUT2D eigenvalue weighted by Gasteiger charge is -2.34. The topological polar surface area (TPSA) is 117 Å². The molecule has 1 saturated carbocycles. The highest BCUT2D eigenvalue weighted by Gasteiger charge is 2.24. The fourth-order valence-electron chi connectivity index (χ4n) is 3.42. The molecule has 2 fully saturated rings. The predicted octanol–water partition coefficient (Wildman–Crippen LogP) is 0.877. The van der Waals surface area contributed by atoms with Crippen LogP contribution >= 0.6 is 24.0 Å². The van der Waals surface area contributed by atoms with Crippen molar-refractivity contribution in [3.8, 4) is 0 Å². The van der Waals surface area contributed by atoms with Crippen molar-refractivity contribution >= 4 is 45.9 Å². The van der Waals surface area contributed by atoms with E-state index < -0.39 is 10.0 Å². The molecular formula is C17H34IN5O3S. The molecule has 1 heterocycles. The van der Waals surface area contributed by atoms with Gasteiger partial charge < -0.3 is 16.0 Å². The number of rotatable bonds is 9. The van der Waals surface area contributed by atoms with Crippen LogP contribution in [0.1, 0.15) is 45.4 Å². The Labute approximate surface area is 180 Å². The lowest BCUT2D eigenvalue weighted by Crippen LogP contribution is -2.47. The zero-order chi connectivity index (χ0) is 19.0. The van der Waals surface area contributed by atoms with Crippen LogP contribution in [-0.2, 0) is 14.8 Å². The van der Waals surface area contributed by atoms with E-state index in [1.807, 2.05) is 6.92 Å². The summed E-state index contributed by atoms with van der Waals surface area (Å²) in [5.74, 6) is 1.17. The standard InChI is InChI=1S/C17H33N5O3S.HI/c1-2-19-17(22-9-4-7-15(13-22)11-16(18)23)20-8-10-26(24,25)21-12-14-5-3-6-14;/h14-15,21H,2-13H2,1H3,(H2,18,23)(H,19,20);1H. The molecule has 1 aliphatic heterocycles. The second kappa shape index (κ2) is 12.1. The van der Waals surface area contributed by atoms with Crippen LogP contribution in [0, 0.1) is 11.8 Å². The van der Waals surface area contributed by atoms with Gasteiger partial charge in [-0.3, -0.25) is 9.79 Å². The number of carbonyl (C=O) groups excluding carboxylic acids is 1. The molecule has 27 heavy (non-hydrogen) atoms. The molecular weight excluding hydrogens is 481 g/mol. The average Bonchev–Trinajstić information content (AvgIpc) is 2.52. The second-order valence-corrected chi connectivity index (χ2v) is 9.25. The summed E-state index contributed by atoms with van der Waals surface area (Å²) in [6.07, 6.45) is 5.78. The number of nitrogens with two attached hydrogens (primary N) is 1. The van der Waals surface area contributed by atoms with Gasteiger partial charge in [0.05, 0.1) is 12.3 Å². The van der Waals surface area contributed by atoms with Crippen LogP contribution in [0.15, 0.2) is 4.99 Å². The molecule has 1 aliphatic carbocycles. The van der Waals surface area contributed by atoms with E-state index in [0.717, 1.165) is 44.7 Å². The van der Waals surface area contributed by atoms with Gasteiger partial charge in [-0.05, 0) is 44.4 Å². The van der Waals surface area contributed by atoms with Gasteiger partial charge in [-0.1, -0.05) is 6.42 Å². The van der Waals surface area contributed by atoms with Crippen molar-refractivity contribution in [2.24, 2.45) is 22.6 Å². The molecule has 2 aliphatic rings. The fraction of sp³-hybridized carbons (Fsp3) is 0.882. The van der Waals surface area contributed by atoms with E-state index in [0.29, 0.717) is 25.4 Å². The van der Waals surface area contributed by atoms with Crippen molar-refractivity contribution in [2.45, 2.75) is 45.4 Å². The molecule has 1 amide bonds. The van der Waals surface area contributed by atoms with Crippen molar-refractivity contribution < 1.29 is 13.2 Å². The molecule has 8 nitrogen and oxygen atoms in total. The van der Waals surface area contributed by atoms with Gasteiger partial charge in [0.2, 0.25) is 15.9 Å². The van der Waals surface area contributed by atoms with Crippen LogP contribution < -0.4 is 15.8 Å². The first kappa shape index (κ1) is 24.4. The van der Waals surface area contributed by atoms with Crippen molar-refractivity contribution in [2.75, 3.05) is 38.5 Å². The summed E-state index contributed by atoms with van der Waals surface area (Å²) in [5, 5.41) is 3.23. The molecule has 1 saturated heterocycles. The summed E-state index contributed by atoms with van der Waals surface area (Å²) >= 11 is 0. The summed E-state index contributed by atoms with van der Waals surface area (Å²) in [6.45, 7) is 5.04. The maximum atomic E-state index is 12.1. The number of halogens is 1. The average molecular weight is 515 g/mol. The van der Waals surface area contributed by atoms with Crippen LogP contribution in [-0.4, -0.2) is 63.7 Å². The third kappa shape index (κ3) is 8.95. The first-order valence-electron chi connectivity index (χ1n) is 9.68. The van der Waals surface area contributed by atoms with E-state index in [-0.39, 0.29) is 48.1 Å². The van der Waals surface area contributed by atoms with Crippen LogP contribution in [0.2, 0.25) is 0 Å². The number of nitrogens with zero attached hydrogens (tertiary/aromatic N) is 2. The van der Waals surface area contributed by atoms with Crippen LogP contribution in [0.3, 0.4) is 0 Å². The molecule has 1 atom stereocenters. The van der Waals surface area contributed by atoms with Gasteiger partial charge >= 0.3 is 0 Å². The minimum absolute atomic E-state index is 0. The highest BCUT2D eigenvalue weighted by Crippen LogP contribution is 2.25. The normalized spacial score (nSPS) is 21.3. The number of primary amides is 1. The van der Waals surface area contributed by atoms with E-state index in [4.69, 9.17) is 5.73 Å². The van der Waals surface area contributed by atoms with Gasteiger partial charge in [0.25, 0.3) is 0 Å². The van der Waals surface area contributed by atoms with Crippen LogP contribution in [0.25, 0.3) is 0 Å². The molecule has 4 N–H and O–H groups in total. The second-order valence-electron chi connectivity index (χ2n) is 7.32. The summed E-state index contributed by atoms with van der Waals surface area (Å²) < 4.78 is 26.9. The first-order chi connectivity index (χ1) is 12.4. The Balaban J connectivity index is 0.00000364. The molecule has 1 unspecified atom stereocenters. The van der Waals surface area contributed by atoms with Gasteiger partial charge in [0.1, 0.15) is 0 Å². The van der Waals surface area contributed by atoms with Crippen molar-refractivity contribution in [3.63, 3.8) is 0 Å². The maximum absolute atomic E-state index is 12.1. The largest absolute Gasteiger partial charge is 0.370 e. The Hall–Kier alpha value is -0.620. The minimum Gasteiger partial charge on any atom is -0.370 e. The number of hydrogen-bond donors (Lipinski definition) is 3. The summed E-state index contributed by atoms with van der Waals surface area (Å²) in [6, 6.07) is 0. The molecule has 158 valence electrons. The molecule has 0 bridgehead atoms. The third-order valence-electron chi connectivity index (χ3n) is 5.08. The lowest BCUT2D eigenvalue weighted by molar-refractivity contribution is -0.119. The minimum atomic E-state index is -3.29. The van der Waals surface area contributed by atoms with Crippen LogP contribution in [0.5, 0.6) is 0 Å². The van der Waals surface area contributed by atoms with Gasteiger partial charge in [-0.2, -0.15) is 0 Å². The molecule has 0 aromatic carbocycles.